The average Bonchev–Trinajstić information content (AvgIpc) is 2.61. The fraction of sp³-hybridized carbons (Fsp3) is 0.300. The fourth-order valence-corrected chi connectivity index (χ4v) is 3.06. The molecular weight excluding hydrogens is 371 g/mol. The van der Waals surface area contributed by atoms with E-state index in [0.717, 1.165) is 11.1 Å². The molecular formula is C20H22Cl2N2O2. The summed E-state index contributed by atoms with van der Waals surface area (Å²) >= 11 is 12.2. The number of halogens is 2. The molecule has 0 bridgehead atoms. The lowest BCUT2D eigenvalue weighted by Gasteiger charge is -2.29. The van der Waals surface area contributed by atoms with Crippen LogP contribution < -0.4 is 5.32 Å². The summed E-state index contributed by atoms with van der Waals surface area (Å²) < 4.78 is 0. The van der Waals surface area contributed by atoms with E-state index < -0.39 is 6.04 Å². The molecule has 1 atom stereocenters. The number of hydrogen-bond acceptors (Lipinski definition) is 2. The molecule has 0 saturated carbocycles. The third-order valence-electron chi connectivity index (χ3n) is 4.06. The lowest BCUT2D eigenvalue weighted by molar-refractivity contribution is -0.140. The Morgan fingerprint density at radius 1 is 1.12 bits per heavy atom. The Labute approximate surface area is 164 Å². The number of hydrogen-bond donors (Lipinski definition) is 1. The number of benzene rings is 2. The number of nitrogens with zero attached hydrogens (tertiary/aromatic N) is 1. The Bertz CT molecular complexity index is 780. The molecule has 0 aliphatic carbocycles. The molecule has 2 rings (SSSR count). The topological polar surface area (TPSA) is 49.4 Å². The Morgan fingerprint density at radius 3 is 2.50 bits per heavy atom. The summed E-state index contributed by atoms with van der Waals surface area (Å²) in [6.45, 7) is 4.37. The molecule has 0 aliphatic heterocycles. The number of likely N-dealkylation sites (N-methyl/N-ethyl adjacent to an activating group) is 1. The van der Waals surface area contributed by atoms with Gasteiger partial charge in [-0.05, 0) is 43.2 Å². The molecule has 0 heterocycles. The third kappa shape index (κ3) is 5.48. The Morgan fingerprint density at radius 2 is 1.85 bits per heavy atom. The van der Waals surface area contributed by atoms with E-state index in [1.165, 1.54) is 0 Å². The molecule has 0 radical (unpaired) electrons. The van der Waals surface area contributed by atoms with Crippen molar-refractivity contribution < 1.29 is 9.59 Å². The third-order valence-corrected chi connectivity index (χ3v) is 4.66. The number of amides is 2. The van der Waals surface area contributed by atoms with E-state index in [1.807, 2.05) is 37.3 Å². The van der Waals surface area contributed by atoms with Crippen LogP contribution in [-0.4, -0.2) is 29.3 Å². The zero-order valence-electron chi connectivity index (χ0n) is 14.8. The predicted molar refractivity (Wildman–Crippen MR) is 105 cm³/mol. The maximum Gasteiger partial charge on any atom is 0.242 e. The Hall–Kier alpha value is -2.04. The van der Waals surface area contributed by atoms with Crippen molar-refractivity contribution in [2.75, 3.05) is 6.54 Å². The molecule has 0 fully saturated rings. The van der Waals surface area contributed by atoms with Gasteiger partial charge in [-0.15, -0.1) is 0 Å². The summed E-state index contributed by atoms with van der Waals surface area (Å²) in [6.07, 6.45) is 0.129. The molecule has 0 spiro atoms. The highest BCUT2D eigenvalue weighted by Gasteiger charge is 2.26. The zero-order valence-corrected chi connectivity index (χ0v) is 16.3. The van der Waals surface area contributed by atoms with Gasteiger partial charge in [0.25, 0.3) is 0 Å². The van der Waals surface area contributed by atoms with Crippen LogP contribution in [0, 0.1) is 0 Å². The van der Waals surface area contributed by atoms with Gasteiger partial charge in [-0.2, -0.15) is 0 Å². The molecule has 1 unspecified atom stereocenters. The molecule has 138 valence electrons. The SMILES string of the molecule is CCNC(=O)C(C)N(Cc1cccc(Cl)c1)C(=O)Cc1ccccc1Cl. The first kappa shape index (κ1) is 20.3. The van der Waals surface area contributed by atoms with E-state index in [2.05, 4.69) is 5.32 Å². The number of carbonyl (C=O) groups excluding carboxylic acids is 2. The Balaban J connectivity index is 2.25. The van der Waals surface area contributed by atoms with E-state index in [1.54, 1.807) is 30.0 Å². The fourth-order valence-electron chi connectivity index (χ4n) is 2.64. The van der Waals surface area contributed by atoms with Crippen molar-refractivity contribution in [2.45, 2.75) is 32.9 Å². The lowest BCUT2D eigenvalue weighted by Crippen LogP contribution is -2.48. The van der Waals surface area contributed by atoms with Crippen molar-refractivity contribution in [1.82, 2.24) is 10.2 Å². The molecule has 2 aromatic carbocycles. The second kappa shape index (κ2) is 9.60. The van der Waals surface area contributed by atoms with Crippen LogP contribution in [0.4, 0.5) is 0 Å². The van der Waals surface area contributed by atoms with Crippen LogP contribution >= 0.6 is 23.2 Å². The van der Waals surface area contributed by atoms with Gasteiger partial charge in [0.1, 0.15) is 6.04 Å². The molecule has 26 heavy (non-hydrogen) atoms. The molecule has 2 amide bonds. The predicted octanol–water partition coefficient (Wildman–Crippen LogP) is 4.09. The molecule has 0 saturated heterocycles. The number of nitrogens with one attached hydrogen (secondary N) is 1. The van der Waals surface area contributed by atoms with Crippen LogP contribution in [0.25, 0.3) is 0 Å². The summed E-state index contributed by atoms with van der Waals surface area (Å²) in [5.41, 5.74) is 1.60. The second-order valence-corrected chi connectivity index (χ2v) is 6.83. The van der Waals surface area contributed by atoms with Gasteiger partial charge in [0.15, 0.2) is 0 Å². The normalized spacial score (nSPS) is 11.7. The highest BCUT2D eigenvalue weighted by Crippen LogP contribution is 2.19. The molecule has 6 heteroatoms. The number of carbonyl (C=O) groups is 2. The highest BCUT2D eigenvalue weighted by molar-refractivity contribution is 6.31. The first-order valence-corrected chi connectivity index (χ1v) is 9.23. The van der Waals surface area contributed by atoms with Crippen LogP contribution in [0.2, 0.25) is 10.0 Å². The van der Waals surface area contributed by atoms with Gasteiger partial charge in [-0.1, -0.05) is 53.5 Å². The van der Waals surface area contributed by atoms with Crippen molar-refractivity contribution in [3.05, 3.63) is 69.7 Å². The van der Waals surface area contributed by atoms with Gasteiger partial charge in [-0.3, -0.25) is 9.59 Å². The zero-order chi connectivity index (χ0) is 19.1. The summed E-state index contributed by atoms with van der Waals surface area (Å²) in [7, 11) is 0. The van der Waals surface area contributed by atoms with Gasteiger partial charge in [0, 0.05) is 23.1 Å². The Kier molecular flexibility index (Phi) is 7.49. The van der Waals surface area contributed by atoms with E-state index in [-0.39, 0.29) is 18.2 Å². The first-order chi connectivity index (χ1) is 12.4. The van der Waals surface area contributed by atoms with Crippen molar-refractivity contribution in [3.8, 4) is 0 Å². The summed E-state index contributed by atoms with van der Waals surface area (Å²) in [4.78, 5) is 26.8. The maximum atomic E-state index is 13.0. The van der Waals surface area contributed by atoms with Crippen LogP contribution in [0.3, 0.4) is 0 Å². The largest absolute Gasteiger partial charge is 0.355 e. The maximum absolute atomic E-state index is 13.0. The van der Waals surface area contributed by atoms with Crippen LogP contribution in [0.1, 0.15) is 25.0 Å². The molecule has 2 aromatic rings. The summed E-state index contributed by atoms with van der Waals surface area (Å²) in [6, 6.07) is 13.9. The van der Waals surface area contributed by atoms with Gasteiger partial charge >= 0.3 is 0 Å². The summed E-state index contributed by atoms with van der Waals surface area (Å²) in [5, 5.41) is 3.89. The first-order valence-electron chi connectivity index (χ1n) is 8.47. The quantitative estimate of drug-likeness (QED) is 0.771. The van der Waals surface area contributed by atoms with Crippen LogP contribution in [0.5, 0.6) is 0 Å². The van der Waals surface area contributed by atoms with E-state index >= 15 is 0 Å². The lowest BCUT2D eigenvalue weighted by atomic mass is 10.1. The minimum absolute atomic E-state index is 0.129. The van der Waals surface area contributed by atoms with E-state index in [0.29, 0.717) is 23.1 Å². The molecule has 0 aliphatic rings. The second-order valence-electron chi connectivity index (χ2n) is 5.99. The number of rotatable bonds is 7. The van der Waals surface area contributed by atoms with E-state index in [9.17, 15) is 9.59 Å². The molecule has 4 nitrogen and oxygen atoms in total. The molecule has 0 aromatic heterocycles. The smallest absolute Gasteiger partial charge is 0.242 e. The van der Waals surface area contributed by atoms with E-state index in [4.69, 9.17) is 23.2 Å². The van der Waals surface area contributed by atoms with Gasteiger partial charge in [0.2, 0.25) is 11.8 Å². The van der Waals surface area contributed by atoms with Crippen molar-refractivity contribution >= 4 is 35.0 Å². The van der Waals surface area contributed by atoms with Gasteiger partial charge < -0.3 is 10.2 Å². The van der Waals surface area contributed by atoms with Gasteiger partial charge in [-0.25, -0.2) is 0 Å². The van der Waals surface area contributed by atoms with Crippen molar-refractivity contribution in [1.29, 1.82) is 0 Å². The van der Waals surface area contributed by atoms with Crippen LogP contribution in [0.15, 0.2) is 48.5 Å². The minimum Gasteiger partial charge on any atom is -0.355 e. The summed E-state index contributed by atoms with van der Waals surface area (Å²) in [5.74, 6) is -0.362. The highest BCUT2D eigenvalue weighted by atomic mass is 35.5. The monoisotopic (exact) mass is 392 g/mol. The van der Waals surface area contributed by atoms with Crippen molar-refractivity contribution in [2.24, 2.45) is 0 Å². The van der Waals surface area contributed by atoms with Crippen LogP contribution in [-0.2, 0) is 22.6 Å². The standard InChI is InChI=1S/C20H22Cl2N2O2/c1-3-23-20(26)14(2)24(13-15-7-6-9-17(21)11-15)19(25)12-16-8-4-5-10-18(16)22/h4-11,14H,3,12-13H2,1-2H3,(H,23,26). The minimum atomic E-state index is -0.607. The molecule has 1 N–H and O–H groups in total. The van der Waals surface area contributed by atoms with Crippen molar-refractivity contribution in [3.63, 3.8) is 0 Å². The average molecular weight is 393 g/mol. The van der Waals surface area contributed by atoms with Gasteiger partial charge in [0.05, 0.1) is 6.42 Å².